The van der Waals surface area contributed by atoms with Gasteiger partial charge in [-0.2, -0.15) is 5.10 Å². The number of nitrogens with one attached hydrogen (secondary N) is 1. The van der Waals surface area contributed by atoms with Gasteiger partial charge in [-0.1, -0.05) is 37.5 Å². The molecule has 5 nitrogen and oxygen atoms in total. The third kappa shape index (κ3) is 4.95. The maximum absolute atomic E-state index is 6.04. The first kappa shape index (κ1) is 17.8. The van der Waals surface area contributed by atoms with Gasteiger partial charge in [-0.05, 0) is 30.5 Å². The van der Waals surface area contributed by atoms with Crippen molar-refractivity contribution in [2.45, 2.75) is 44.7 Å². The zero-order chi connectivity index (χ0) is 15.2. The van der Waals surface area contributed by atoms with Crippen LogP contribution in [0.1, 0.15) is 37.7 Å². The van der Waals surface area contributed by atoms with Gasteiger partial charge in [0, 0.05) is 18.4 Å². The minimum Gasteiger partial charge on any atom is -0.370 e. The predicted octanol–water partition coefficient (Wildman–Crippen LogP) is 3.23. The lowest BCUT2D eigenvalue weighted by Crippen LogP contribution is -2.41. The summed E-state index contributed by atoms with van der Waals surface area (Å²) in [5, 5.41) is 7.64. The van der Waals surface area contributed by atoms with Gasteiger partial charge in [0.1, 0.15) is 0 Å². The van der Waals surface area contributed by atoms with Crippen LogP contribution in [-0.2, 0) is 6.54 Å². The molecule has 1 heterocycles. The third-order valence-corrected chi connectivity index (χ3v) is 4.12. The molecule has 6 heteroatoms. The fourth-order valence-electron chi connectivity index (χ4n) is 2.95. The monoisotopic (exact) mass is 425 g/mol. The first-order chi connectivity index (χ1) is 10.8. The second-order valence-electron chi connectivity index (χ2n) is 5.76. The van der Waals surface area contributed by atoms with Crippen LogP contribution < -0.4 is 11.1 Å². The number of benzene rings is 1. The Kier molecular flexibility index (Phi) is 6.88. The van der Waals surface area contributed by atoms with E-state index < -0.39 is 0 Å². The molecule has 2 aromatic rings. The number of aromatic nitrogens is 2. The molecule has 1 aromatic heterocycles. The number of aliphatic imine (C=N–C) groups is 1. The number of rotatable bonds is 4. The molecule has 0 atom stereocenters. The maximum Gasteiger partial charge on any atom is 0.189 e. The molecule has 0 saturated heterocycles. The highest BCUT2D eigenvalue weighted by atomic mass is 127. The molecule has 0 amide bonds. The van der Waals surface area contributed by atoms with Crippen LogP contribution in [0.3, 0.4) is 0 Å². The molecule has 1 aromatic carbocycles. The van der Waals surface area contributed by atoms with E-state index in [0.29, 0.717) is 18.5 Å². The van der Waals surface area contributed by atoms with Crippen molar-refractivity contribution in [1.29, 1.82) is 0 Å². The molecule has 1 fully saturated rings. The van der Waals surface area contributed by atoms with Gasteiger partial charge in [0.2, 0.25) is 0 Å². The van der Waals surface area contributed by atoms with E-state index in [4.69, 9.17) is 5.73 Å². The van der Waals surface area contributed by atoms with Crippen molar-refractivity contribution in [3.05, 3.63) is 48.3 Å². The van der Waals surface area contributed by atoms with Crippen LogP contribution in [-0.4, -0.2) is 21.8 Å². The first-order valence-corrected chi connectivity index (χ1v) is 7.97. The third-order valence-electron chi connectivity index (χ3n) is 4.12. The van der Waals surface area contributed by atoms with Crippen LogP contribution >= 0.6 is 24.0 Å². The Morgan fingerprint density at radius 1 is 1.22 bits per heavy atom. The molecule has 0 spiro atoms. The van der Waals surface area contributed by atoms with Gasteiger partial charge in [0.25, 0.3) is 0 Å². The number of para-hydroxylation sites is 1. The van der Waals surface area contributed by atoms with Gasteiger partial charge in [-0.15, -0.1) is 24.0 Å². The number of guanidine groups is 1. The van der Waals surface area contributed by atoms with Crippen molar-refractivity contribution in [2.75, 3.05) is 0 Å². The Labute approximate surface area is 154 Å². The van der Waals surface area contributed by atoms with Crippen LogP contribution in [0.25, 0.3) is 5.69 Å². The predicted molar refractivity (Wildman–Crippen MR) is 104 cm³/mol. The summed E-state index contributed by atoms with van der Waals surface area (Å²) in [5.41, 5.74) is 8.19. The van der Waals surface area contributed by atoms with Crippen molar-refractivity contribution >= 4 is 29.9 Å². The fraction of sp³-hybridized carbons (Fsp3) is 0.412. The van der Waals surface area contributed by atoms with E-state index in [-0.39, 0.29) is 24.0 Å². The summed E-state index contributed by atoms with van der Waals surface area (Å²) in [5.74, 6) is 0.544. The summed E-state index contributed by atoms with van der Waals surface area (Å²) in [4.78, 5) is 4.50. The number of hydrogen-bond donors (Lipinski definition) is 2. The standard InChI is InChI=1S/C17H23N5.HI/c18-17(21-15-8-2-1-3-9-15)19-13-14-7-4-5-10-16(14)22-12-6-11-20-22;/h4-7,10-12,15H,1-3,8-9,13H2,(H3,18,19,21);1H. The lowest BCUT2D eigenvalue weighted by Gasteiger charge is -2.23. The van der Waals surface area contributed by atoms with E-state index in [1.165, 1.54) is 32.1 Å². The summed E-state index contributed by atoms with van der Waals surface area (Å²) in [6, 6.07) is 10.5. The number of hydrogen-bond acceptors (Lipinski definition) is 2. The molecule has 0 aliphatic heterocycles. The Bertz CT molecular complexity index is 618. The molecular formula is C17H24IN5. The highest BCUT2D eigenvalue weighted by Crippen LogP contribution is 2.17. The molecule has 1 saturated carbocycles. The van der Waals surface area contributed by atoms with Crippen LogP contribution in [0.5, 0.6) is 0 Å². The molecule has 3 N–H and O–H groups in total. The fourth-order valence-corrected chi connectivity index (χ4v) is 2.95. The van der Waals surface area contributed by atoms with Gasteiger partial charge in [-0.25, -0.2) is 9.67 Å². The average molecular weight is 425 g/mol. The smallest absolute Gasteiger partial charge is 0.189 e. The summed E-state index contributed by atoms with van der Waals surface area (Å²) in [6.45, 7) is 0.557. The molecule has 3 rings (SSSR count). The molecule has 1 aliphatic carbocycles. The van der Waals surface area contributed by atoms with E-state index >= 15 is 0 Å². The van der Waals surface area contributed by atoms with Gasteiger partial charge < -0.3 is 11.1 Å². The van der Waals surface area contributed by atoms with Crippen LogP contribution in [0, 0.1) is 0 Å². The molecule has 1 aliphatic rings. The van der Waals surface area contributed by atoms with Crippen molar-refractivity contribution in [1.82, 2.24) is 15.1 Å². The molecule has 23 heavy (non-hydrogen) atoms. The second kappa shape index (κ2) is 8.90. The topological polar surface area (TPSA) is 68.2 Å². The van der Waals surface area contributed by atoms with E-state index in [1.807, 2.05) is 35.1 Å². The van der Waals surface area contributed by atoms with Crippen molar-refractivity contribution in [3.63, 3.8) is 0 Å². The molecule has 0 unspecified atom stereocenters. The van der Waals surface area contributed by atoms with Crippen LogP contribution in [0.15, 0.2) is 47.7 Å². The summed E-state index contributed by atoms with van der Waals surface area (Å²) >= 11 is 0. The molecule has 0 radical (unpaired) electrons. The summed E-state index contributed by atoms with van der Waals surface area (Å²) in [7, 11) is 0. The quantitative estimate of drug-likeness (QED) is 0.449. The molecule has 0 bridgehead atoms. The largest absolute Gasteiger partial charge is 0.370 e. The maximum atomic E-state index is 6.04. The Morgan fingerprint density at radius 2 is 2.00 bits per heavy atom. The van der Waals surface area contributed by atoms with Crippen LogP contribution in [0.2, 0.25) is 0 Å². The average Bonchev–Trinajstić information content (AvgIpc) is 3.08. The Morgan fingerprint density at radius 3 is 2.74 bits per heavy atom. The minimum atomic E-state index is 0. The zero-order valence-electron chi connectivity index (χ0n) is 13.2. The van der Waals surface area contributed by atoms with E-state index in [9.17, 15) is 0 Å². The van der Waals surface area contributed by atoms with Crippen molar-refractivity contribution in [2.24, 2.45) is 10.7 Å². The minimum absolute atomic E-state index is 0. The number of nitrogens with zero attached hydrogens (tertiary/aromatic N) is 3. The van der Waals surface area contributed by atoms with E-state index in [1.54, 1.807) is 6.20 Å². The summed E-state index contributed by atoms with van der Waals surface area (Å²) in [6.07, 6.45) is 10.0. The normalized spacial score (nSPS) is 15.9. The van der Waals surface area contributed by atoms with Crippen LogP contribution in [0.4, 0.5) is 0 Å². The Balaban J connectivity index is 0.00000192. The van der Waals surface area contributed by atoms with Gasteiger partial charge in [-0.3, -0.25) is 0 Å². The number of nitrogens with two attached hydrogens (primary N) is 1. The highest BCUT2D eigenvalue weighted by Gasteiger charge is 2.13. The zero-order valence-corrected chi connectivity index (χ0v) is 15.5. The van der Waals surface area contributed by atoms with E-state index in [0.717, 1.165) is 11.3 Å². The Hall–Kier alpha value is -1.57. The van der Waals surface area contributed by atoms with Crippen molar-refractivity contribution in [3.8, 4) is 5.69 Å². The van der Waals surface area contributed by atoms with Crippen molar-refractivity contribution < 1.29 is 0 Å². The van der Waals surface area contributed by atoms with Gasteiger partial charge in [0.05, 0.1) is 12.2 Å². The molecule has 124 valence electrons. The highest BCUT2D eigenvalue weighted by molar-refractivity contribution is 14.0. The molecular weight excluding hydrogens is 401 g/mol. The SMILES string of the molecule is I.NC(=NCc1ccccc1-n1cccn1)NC1CCCCC1. The lowest BCUT2D eigenvalue weighted by molar-refractivity contribution is 0.412. The van der Waals surface area contributed by atoms with E-state index in [2.05, 4.69) is 21.5 Å². The second-order valence-corrected chi connectivity index (χ2v) is 5.76. The summed E-state index contributed by atoms with van der Waals surface area (Å²) < 4.78 is 1.86. The lowest BCUT2D eigenvalue weighted by atomic mass is 9.96. The number of halogens is 1. The first-order valence-electron chi connectivity index (χ1n) is 7.97. The van der Waals surface area contributed by atoms with Gasteiger partial charge in [0.15, 0.2) is 5.96 Å². The van der Waals surface area contributed by atoms with Gasteiger partial charge >= 0.3 is 0 Å².